The highest BCUT2D eigenvalue weighted by atomic mass is 16.5. The van der Waals surface area contributed by atoms with E-state index in [9.17, 15) is 0 Å². The van der Waals surface area contributed by atoms with Gasteiger partial charge in [0, 0.05) is 17.8 Å². The number of aromatic nitrogens is 1. The monoisotopic (exact) mass is 235 g/mol. The molecule has 0 amide bonds. The van der Waals surface area contributed by atoms with Gasteiger partial charge in [-0.25, -0.2) is 0 Å². The minimum Gasteiger partial charge on any atom is -0.493 e. The van der Waals surface area contributed by atoms with E-state index in [0.717, 1.165) is 42.8 Å². The fourth-order valence-corrected chi connectivity index (χ4v) is 2.31. The van der Waals surface area contributed by atoms with E-state index in [1.165, 1.54) is 0 Å². The molecule has 0 aliphatic heterocycles. The highest BCUT2D eigenvalue weighted by Crippen LogP contribution is 2.27. The fourth-order valence-electron chi connectivity index (χ4n) is 2.31. The number of nitrogens with two attached hydrogens (primary N) is 1. The van der Waals surface area contributed by atoms with Gasteiger partial charge in [-0.05, 0) is 38.7 Å². The molecule has 0 unspecified atom stereocenters. The number of methoxy groups -OCH3 is 1. The molecule has 3 N–H and O–H groups in total. The SMILES string of the molecule is COc1cnc(C)cc1NC1CCC(N)CC1. The van der Waals surface area contributed by atoms with Gasteiger partial charge in [0.15, 0.2) is 5.75 Å². The van der Waals surface area contributed by atoms with Crippen LogP contribution >= 0.6 is 0 Å². The van der Waals surface area contributed by atoms with Crippen LogP contribution in [0, 0.1) is 6.92 Å². The van der Waals surface area contributed by atoms with Crippen molar-refractivity contribution in [3.8, 4) is 5.75 Å². The molecule has 4 heteroatoms. The molecule has 0 saturated heterocycles. The molecule has 1 saturated carbocycles. The maximum atomic E-state index is 5.91. The third-order valence-corrected chi connectivity index (χ3v) is 3.36. The van der Waals surface area contributed by atoms with Crippen LogP contribution in [-0.4, -0.2) is 24.2 Å². The number of rotatable bonds is 3. The quantitative estimate of drug-likeness (QED) is 0.842. The second kappa shape index (κ2) is 5.36. The summed E-state index contributed by atoms with van der Waals surface area (Å²) in [5, 5.41) is 3.54. The average Bonchev–Trinajstić information content (AvgIpc) is 2.32. The topological polar surface area (TPSA) is 60.2 Å². The largest absolute Gasteiger partial charge is 0.493 e. The minimum atomic E-state index is 0.383. The number of pyridine rings is 1. The van der Waals surface area contributed by atoms with Gasteiger partial charge in [-0.1, -0.05) is 0 Å². The zero-order chi connectivity index (χ0) is 12.3. The van der Waals surface area contributed by atoms with Gasteiger partial charge in [0.1, 0.15) is 0 Å². The number of hydrogen-bond acceptors (Lipinski definition) is 4. The summed E-state index contributed by atoms with van der Waals surface area (Å²) in [6.45, 7) is 1.99. The molecular weight excluding hydrogens is 214 g/mol. The Morgan fingerprint density at radius 2 is 2.06 bits per heavy atom. The Bertz CT molecular complexity index is 373. The molecule has 94 valence electrons. The van der Waals surface area contributed by atoms with Crippen LogP contribution in [-0.2, 0) is 0 Å². The molecule has 0 radical (unpaired) electrons. The number of aryl methyl sites for hydroxylation is 1. The van der Waals surface area contributed by atoms with E-state index >= 15 is 0 Å². The first-order valence-electron chi connectivity index (χ1n) is 6.22. The lowest BCUT2D eigenvalue weighted by molar-refractivity contribution is 0.400. The Morgan fingerprint density at radius 1 is 1.35 bits per heavy atom. The maximum Gasteiger partial charge on any atom is 0.160 e. The van der Waals surface area contributed by atoms with Crippen LogP contribution in [0.3, 0.4) is 0 Å². The zero-order valence-corrected chi connectivity index (χ0v) is 10.6. The van der Waals surface area contributed by atoms with Crippen LogP contribution in [0.25, 0.3) is 0 Å². The molecule has 2 rings (SSSR count). The predicted molar refractivity (Wildman–Crippen MR) is 69.4 cm³/mol. The van der Waals surface area contributed by atoms with Crippen LogP contribution in [0.15, 0.2) is 12.3 Å². The summed E-state index contributed by atoms with van der Waals surface area (Å²) in [6, 6.07) is 2.92. The molecular formula is C13H21N3O. The minimum absolute atomic E-state index is 0.383. The van der Waals surface area contributed by atoms with Gasteiger partial charge in [-0.3, -0.25) is 4.98 Å². The molecule has 1 aromatic heterocycles. The lowest BCUT2D eigenvalue weighted by Crippen LogP contribution is -2.32. The Balaban J connectivity index is 2.04. The highest BCUT2D eigenvalue weighted by molar-refractivity contribution is 5.56. The Hall–Kier alpha value is -1.29. The summed E-state index contributed by atoms with van der Waals surface area (Å²) in [5.41, 5.74) is 7.95. The summed E-state index contributed by atoms with van der Waals surface area (Å²) >= 11 is 0. The van der Waals surface area contributed by atoms with Crippen LogP contribution in [0.4, 0.5) is 5.69 Å². The fraction of sp³-hybridized carbons (Fsp3) is 0.615. The Morgan fingerprint density at radius 3 is 2.71 bits per heavy atom. The van der Waals surface area contributed by atoms with Gasteiger partial charge in [0.25, 0.3) is 0 Å². The standard InChI is InChI=1S/C13H21N3O/c1-9-7-12(13(17-2)8-15-9)16-11-5-3-10(14)4-6-11/h7-8,10-11H,3-6,14H2,1-2H3,(H,15,16). The van der Waals surface area contributed by atoms with Crippen LogP contribution < -0.4 is 15.8 Å². The van der Waals surface area contributed by atoms with Gasteiger partial charge in [0.2, 0.25) is 0 Å². The summed E-state index contributed by atoms with van der Waals surface area (Å²) in [5.74, 6) is 0.811. The summed E-state index contributed by atoms with van der Waals surface area (Å²) < 4.78 is 5.31. The summed E-state index contributed by atoms with van der Waals surface area (Å²) in [6.07, 6.45) is 6.23. The van der Waals surface area contributed by atoms with Crippen molar-refractivity contribution in [2.24, 2.45) is 5.73 Å². The predicted octanol–water partition coefficient (Wildman–Crippen LogP) is 2.08. The third kappa shape index (κ3) is 3.09. The molecule has 4 nitrogen and oxygen atoms in total. The second-order valence-electron chi connectivity index (χ2n) is 4.78. The van der Waals surface area contributed by atoms with Gasteiger partial charge in [-0.15, -0.1) is 0 Å². The van der Waals surface area contributed by atoms with E-state index in [1.807, 2.05) is 13.0 Å². The molecule has 17 heavy (non-hydrogen) atoms. The molecule has 1 heterocycles. The summed E-state index contributed by atoms with van der Waals surface area (Å²) in [4.78, 5) is 4.23. The number of nitrogens with zero attached hydrogens (tertiary/aromatic N) is 1. The van der Waals surface area contributed by atoms with Crippen molar-refractivity contribution in [1.29, 1.82) is 0 Å². The average molecular weight is 235 g/mol. The van der Waals surface area contributed by atoms with Crippen molar-refractivity contribution in [3.05, 3.63) is 18.0 Å². The lowest BCUT2D eigenvalue weighted by atomic mass is 9.91. The van der Waals surface area contributed by atoms with E-state index in [4.69, 9.17) is 10.5 Å². The molecule has 1 fully saturated rings. The van der Waals surface area contributed by atoms with Gasteiger partial charge >= 0.3 is 0 Å². The van der Waals surface area contributed by atoms with Gasteiger partial charge in [-0.2, -0.15) is 0 Å². The van der Waals surface area contributed by atoms with E-state index < -0.39 is 0 Å². The molecule has 0 bridgehead atoms. The van der Waals surface area contributed by atoms with E-state index in [1.54, 1.807) is 13.3 Å². The smallest absolute Gasteiger partial charge is 0.160 e. The first-order chi connectivity index (χ1) is 8.19. The summed E-state index contributed by atoms with van der Waals surface area (Å²) in [7, 11) is 1.67. The molecule has 1 aliphatic carbocycles. The molecule has 0 aromatic carbocycles. The van der Waals surface area contributed by atoms with Crippen molar-refractivity contribution in [2.75, 3.05) is 12.4 Å². The number of anilines is 1. The zero-order valence-electron chi connectivity index (χ0n) is 10.6. The molecule has 0 atom stereocenters. The Labute approximate surface area is 103 Å². The first-order valence-corrected chi connectivity index (χ1v) is 6.22. The molecule has 1 aliphatic rings. The number of hydrogen-bond donors (Lipinski definition) is 2. The lowest BCUT2D eigenvalue weighted by Gasteiger charge is -2.28. The number of ether oxygens (including phenoxy) is 1. The van der Waals surface area contributed by atoms with Crippen molar-refractivity contribution in [2.45, 2.75) is 44.7 Å². The number of nitrogens with one attached hydrogen (secondary N) is 1. The Kier molecular flexibility index (Phi) is 3.84. The second-order valence-corrected chi connectivity index (χ2v) is 4.78. The normalized spacial score (nSPS) is 24.4. The van der Waals surface area contributed by atoms with Crippen LogP contribution in [0.1, 0.15) is 31.4 Å². The van der Waals surface area contributed by atoms with Crippen LogP contribution in [0.2, 0.25) is 0 Å². The maximum absolute atomic E-state index is 5.91. The molecule has 0 spiro atoms. The van der Waals surface area contributed by atoms with E-state index in [0.29, 0.717) is 12.1 Å². The first kappa shape index (κ1) is 12.2. The van der Waals surface area contributed by atoms with Crippen molar-refractivity contribution < 1.29 is 4.74 Å². The highest BCUT2D eigenvalue weighted by Gasteiger charge is 2.19. The van der Waals surface area contributed by atoms with E-state index in [-0.39, 0.29) is 0 Å². The third-order valence-electron chi connectivity index (χ3n) is 3.36. The van der Waals surface area contributed by atoms with Gasteiger partial charge < -0.3 is 15.8 Å². The van der Waals surface area contributed by atoms with Crippen molar-refractivity contribution in [3.63, 3.8) is 0 Å². The van der Waals surface area contributed by atoms with E-state index in [2.05, 4.69) is 10.3 Å². The van der Waals surface area contributed by atoms with Crippen molar-refractivity contribution >= 4 is 5.69 Å². The molecule has 1 aromatic rings. The van der Waals surface area contributed by atoms with Crippen molar-refractivity contribution in [1.82, 2.24) is 4.98 Å². The van der Waals surface area contributed by atoms with Crippen LogP contribution in [0.5, 0.6) is 5.75 Å². The van der Waals surface area contributed by atoms with Gasteiger partial charge in [0.05, 0.1) is 19.0 Å².